The van der Waals surface area contributed by atoms with Gasteiger partial charge in [0.25, 0.3) is 5.91 Å². The van der Waals surface area contributed by atoms with Gasteiger partial charge < -0.3 is 20.2 Å². The van der Waals surface area contributed by atoms with Gasteiger partial charge in [-0.1, -0.05) is 4.85 Å². The van der Waals surface area contributed by atoms with E-state index in [-0.39, 0.29) is 13.2 Å². The van der Waals surface area contributed by atoms with Crippen LogP contribution in [0.2, 0.25) is 0 Å². The Balaban J connectivity index is 1.67. The first kappa shape index (κ1) is 15.9. The molecule has 3 aromatic rings. The number of pyridine rings is 1. The number of carbonyl (C=O) groups is 1. The third-order valence-corrected chi connectivity index (χ3v) is 3.76. The molecule has 0 saturated heterocycles. The standard InChI is InChI=1S/C15H18N6O3/c1-9-6-20(10(2)13(9)14(16)23)7-11(22)8-24-21-15-12(18-19-21)4-3-5-17-15/h3-6,11,22H,7-8H2,1-2H3,(H2,16,23). The lowest BCUT2D eigenvalue weighted by Gasteiger charge is -2.14. The van der Waals surface area contributed by atoms with E-state index in [0.29, 0.717) is 22.4 Å². The zero-order valence-electron chi connectivity index (χ0n) is 13.4. The van der Waals surface area contributed by atoms with Crippen molar-refractivity contribution in [3.05, 3.63) is 41.3 Å². The van der Waals surface area contributed by atoms with Gasteiger partial charge >= 0.3 is 0 Å². The van der Waals surface area contributed by atoms with E-state index < -0.39 is 12.0 Å². The maximum atomic E-state index is 11.4. The van der Waals surface area contributed by atoms with Crippen molar-refractivity contribution in [1.82, 2.24) is 24.7 Å². The lowest BCUT2D eigenvalue weighted by atomic mass is 10.1. The van der Waals surface area contributed by atoms with Crippen LogP contribution in [0.1, 0.15) is 21.6 Å². The Hall–Kier alpha value is -2.94. The van der Waals surface area contributed by atoms with E-state index in [4.69, 9.17) is 10.6 Å². The van der Waals surface area contributed by atoms with Crippen molar-refractivity contribution in [3.63, 3.8) is 0 Å². The number of aryl methyl sites for hydroxylation is 1. The molecule has 0 radical (unpaired) electrons. The number of nitrogens with two attached hydrogens (primary N) is 1. The highest BCUT2D eigenvalue weighted by Crippen LogP contribution is 2.16. The molecule has 126 valence electrons. The molecule has 0 fully saturated rings. The summed E-state index contributed by atoms with van der Waals surface area (Å²) < 4.78 is 1.78. The number of nitrogens with zero attached hydrogens (tertiary/aromatic N) is 5. The van der Waals surface area contributed by atoms with Crippen LogP contribution in [0, 0.1) is 13.8 Å². The number of hydrogen-bond donors (Lipinski definition) is 2. The number of aromatic nitrogens is 5. The minimum atomic E-state index is -0.806. The predicted octanol–water partition coefficient (Wildman–Crippen LogP) is -0.167. The SMILES string of the molecule is Cc1cn(CC(O)COn2nnc3cccnc32)c(C)c1C(N)=O. The van der Waals surface area contributed by atoms with E-state index in [1.165, 1.54) is 4.85 Å². The summed E-state index contributed by atoms with van der Waals surface area (Å²) in [6, 6.07) is 3.52. The first-order chi connectivity index (χ1) is 11.5. The van der Waals surface area contributed by atoms with Gasteiger partial charge in [-0.25, -0.2) is 4.98 Å². The molecule has 9 heteroatoms. The van der Waals surface area contributed by atoms with Gasteiger partial charge in [-0.05, 0) is 36.8 Å². The molecule has 0 aliphatic carbocycles. The van der Waals surface area contributed by atoms with Crippen LogP contribution in [-0.4, -0.2) is 48.4 Å². The number of amides is 1. The molecule has 0 aliphatic heterocycles. The summed E-state index contributed by atoms with van der Waals surface area (Å²) in [5.41, 5.74) is 8.43. The summed E-state index contributed by atoms with van der Waals surface area (Å²) in [4.78, 5) is 22.2. The van der Waals surface area contributed by atoms with Crippen molar-refractivity contribution >= 4 is 17.1 Å². The minimum Gasteiger partial charge on any atom is -0.391 e. The molecule has 3 heterocycles. The van der Waals surface area contributed by atoms with Gasteiger partial charge in [-0.15, -0.1) is 5.10 Å². The maximum absolute atomic E-state index is 11.4. The molecule has 0 bridgehead atoms. The second kappa shape index (κ2) is 6.28. The molecular formula is C15H18N6O3. The van der Waals surface area contributed by atoms with Gasteiger partial charge in [0, 0.05) is 18.1 Å². The molecule has 24 heavy (non-hydrogen) atoms. The number of aliphatic hydroxyl groups excluding tert-OH is 1. The molecule has 1 amide bonds. The van der Waals surface area contributed by atoms with Crippen LogP contribution in [0.15, 0.2) is 24.5 Å². The summed E-state index contributed by atoms with van der Waals surface area (Å²) in [6.07, 6.45) is 2.59. The fraction of sp³-hybridized carbons (Fsp3) is 0.333. The lowest BCUT2D eigenvalue weighted by Crippen LogP contribution is -2.28. The number of fused-ring (bicyclic) bond motifs is 1. The number of aliphatic hydroxyl groups is 1. The van der Waals surface area contributed by atoms with E-state index in [2.05, 4.69) is 15.3 Å². The number of rotatable bonds is 6. The minimum absolute atomic E-state index is 0.00237. The zero-order chi connectivity index (χ0) is 17.3. The topological polar surface area (TPSA) is 121 Å². The summed E-state index contributed by atoms with van der Waals surface area (Å²) >= 11 is 0. The van der Waals surface area contributed by atoms with Gasteiger partial charge in [0.15, 0.2) is 0 Å². The van der Waals surface area contributed by atoms with E-state index in [1.54, 1.807) is 42.9 Å². The Morgan fingerprint density at radius 3 is 2.96 bits per heavy atom. The number of primary amides is 1. The molecule has 0 spiro atoms. The maximum Gasteiger partial charge on any atom is 0.250 e. The van der Waals surface area contributed by atoms with E-state index >= 15 is 0 Å². The molecule has 9 nitrogen and oxygen atoms in total. The molecule has 0 aromatic carbocycles. The first-order valence-electron chi connectivity index (χ1n) is 7.41. The molecule has 1 unspecified atom stereocenters. The molecule has 3 aromatic heterocycles. The van der Waals surface area contributed by atoms with Gasteiger partial charge in [-0.3, -0.25) is 4.79 Å². The molecular weight excluding hydrogens is 312 g/mol. The van der Waals surface area contributed by atoms with Crippen LogP contribution in [0.3, 0.4) is 0 Å². The Labute approximate surface area is 137 Å². The van der Waals surface area contributed by atoms with Crippen molar-refractivity contribution < 1.29 is 14.7 Å². The third kappa shape index (κ3) is 2.93. The highest BCUT2D eigenvalue weighted by Gasteiger charge is 2.17. The van der Waals surface area contributed by atoms with Gasteiger partial charge in [-0.2, -0.15) is 0 Å². The van der Waals surface area contributed by atoms with Crippen molar-refractivity contribution in [2.75, 3.05) is 6.61 Å². The van der Waals surface area contributed by atoms with Crippen LogP contribution in [-0.2, 0) is 6.54 Å². The largest absolute Gasteiger partial charge is 0.391 e. The summed E-state index contributed by atoms with van der Waals surface area (Å²) in [5.74, 6) is -0.477. The fourth-order valence-electron chi connectivity index (χ4n) is 2.65. The Morgan fingerprint density at radius 1 is 1.46 bits per heavy atom. The number of carbonyl (C=O) groups excluding carboxylic acids is 1. The van der Waals surface area contributed by atoms with Crippen LogP contribution < -0.4 is 10.6 Å². The monoisotopic (exact) mass is 330 g/mol. The summed E-state index contributed by atoms with van der Waals surface area (Å²) in [5, 5.41) is 17.9. The third-order valence-electron chi connectivity index (χ3n) is 3.76. The second-order valence-electron chi connectivity index (χ2n) is 5.55. The van der Waals surface area contributed by atoms with Crippen molar-refractivity contribution in [1.29, 1.82) is 0 Å². The average molecular weight is 330 g/mol. The molecule has 3 N–H and O–H groups in total. The fourth-order valence-corrected chi connectivity index (χ4v) is 2.65. The quantitative estimate of drug-likeness (QED) is 0.647. The molecule has 0 saturated carbocycles. The van der Waals surface area contributed by atoms with Crippen molar-refractivity contribution in [2.24, 2.45) is 5.73 Å². The molecule has 0 aliphatic rings. The highest BCUT2D eigenvalue weighted by molar-refractivity contribution is 5.95. The molecule has 1 atom stereocenters. The van der Waals surface area contributed by atoms with Crippen LogP contribution in [0.4, 0.5) is 0 Å². The summed E-state index contributed by atoms with van der Waals surface area (Å²) in [7, 11) is 0. The van der Waals surface area contributed by atoms with Crippen molar-refractivity contribution in [3.8, 4) is 0 Å². The van der Waals surface area contributed by atoms with E-state index in [9.17, 15) is 9.90 Å². The van der Waals surface area contributed by atoms with Crippen LogP contribution in [0.25, 0.3) is 11.2 Å². The summed E-state index contributed by atoms with van der Waals surface area (Å²) in [6.45, 7) is 3.85. The van der Waals surface area contributed by atoms with Gasteiger partial charge in [0.1, 0.15) is 18.2 Å². The predicted molar refractivity (Wildman–Crippen MR) is 85.2 cm³/mol. The Kier molecular flexibility index (Phi) is 4.17. The second-order valence-corrected chi connectivity index (χ2v) is 5.55. The van der Waals surface area contributed by atoms with Gasteiger partial charge in [0.05, 0.1) is 12.1 Å². The zero-order valence-corrected chi connectivity index (χ0v) is 13.4. The Bertz CT molecular complexity index is 885. The Morgan fingerprint density at radius 2 is 2.25 bits per heavy atom. The van der Waals surface area contributed by atoms with E-state index in [1.807, 2.05) is 0 Å². The van der Waals surface area contributed by atoms with Crippen LogP contribution >= 0.6 is 0 Å². The van der Waals surface area contributed by atoms with Gasteiger partial charge in [0.2, 0.25) is 5.65 Å². The number of hydrogen-bond acceptors (Lipinski definition) is 6. The molecule has 3 rings (SSSR count). The normalized spacial score (nSPS) is 12.5. The average Bonchev–Trinajstić information content (AvgIpc) is 3.06. The van der Waals surface area contributed by atoms with E-state index in [0.717, 1.165) is 5.56 Å². The first-order valence-corrected chi connectivity index (χ1v) is 7.41. The van der Waals surface area contributed by atoms with Crippen LogP contribution in [0.5, 0.6) is 0 Å². The van der Waals surface area contributed by atoms with Crippen molar-refractivity contribution in [2.45, 2.75) is 26.5 Å². The lowest BCUT2D eigenvalue weighted by molar-refractivity contribution is 0.00689. The highest BCUT2D eigenvalue weighted by atomic mass is 16.7. The smallest absolute Gasteiger partial charge is 0.250 e.